The molecule has 1 aromatic carbocycles. The van der Waals surface area contributed by atoms with Crippen molar-refractivity contribution in [3.05, 3.63) is 24.0 Å². The number of benzene rings is 1. The van der Waals surface area contributed by atoms with Crippen LogP contribution in [0.1, 0.15) is 0 Å². The summed E-state index contributed by atoms with van der Waals surface area (Å²) in [6.07, 6.45) is 0. The summed E-state index contributed by atoms with van der Waals surface area (Å²) < 4.78 is 13.5. The maximum Gasteiger partial charge on any atom is 0.322 e. The number of hydrogen-bond acceptors (Lipinski definition) is 2. The molecule has 1 aromatic heterocycles. The van der Waals surface area contributed by atoms with E-state index in [1.165, 1.54) is 11.0 Å². The number of rotatable bonds is 1. The van der Waals surface area contributed by atoms with Crippen molar-refractivity contribution in [1.82, 2.24) is 15.1 Å². The Morgan fingerprint density at radius 2 is 2.25 bits per heavy atom. The number of halogens is 1. The molecule has 0 fully saturated rings. The third-order valence-corrected chi connectivity index (χ3v) is 2.17. The molecule has 0 aliphatic rings. The highest BCUT2D eigenvalue weighted by molar-refractivity contribution is 5.98. The van der Waals surface area contributed by atoms with Gasteiger partial charge in [0.25, 0.3) is 0 Å². The fraction of sp³-hybridized carbons (Fsp3) is 0.200. The Kier molecular flexibility index (Phi) is 2.47. The highest BCUT2D eigenvalue weighted by atomic mass is 19.1. The van der Waals surface area contributed by atoms with E-state index in [1.54, 1.807) is 26.2 Å². The fourth-order valence-electron chi connectivity index (χ4n) is 1.33. The summed E-state index contributed by atoms with van der Waals surface area (Å²) in [5, 5.41) is 9.30. The molecule has 0 aliphatic carbocycles. The molecule has 1 heterocycles. The van der Waals surface area contributed by atoms with Crippen LogP contribution in [0, 0.1) is 5.82 Å². The van der Waals surface area contributed by atoms with Crippen molar-refractivity contribution >= 4 is 22.8 Å². The van der Waals surface area contributed by atoms with Crippen molar-refractivity contribution in [3.63, 3.8) is 0 Å². The number of aromatic amines is 1. The van der Waals surface area contributed by atoms with Crippen LogP contribution < -0.4 is 5.32 Å². The first-order valence-electron chi connectivity index (χ1n) is 4.70. The zero-order valence-electron chi connectivity index (χ0n) is 8.91. The van der Waals surface area contributed by atoms with Crippen LogP contribution in [0.5, 0.6) is 0 Å². The zero-order valence-corrected chi connectivity index (χ0v) is 8.91. The van der Waals surface area contributed by atoms with Crippen molar-refractivity contribution in [2.45, 2.75) is 0 Å². The smallest absolute Gasteiger partial charge is 0.322 e. The molecule has 2 N–H and O–H groups in total. The second-order valence-corrected chi connectivity index (χ2v) is 3.56. The van der Waals surface area contributed by atoms with Gasteiger partial charge < -0.3 is 4.90 Å². The molecule has 0 atom stereocenters. The molecule has 2 rings (SSSR count). The van der Waals surface area contributed by atoms with E-state index in [2.05, 4.69) is 15.5 Å². The number of nitrogens with zero attached hydrogens (tertiary/aromatic N) is 2. The van der Waals surface area contributed by atoms with E-state index in [-0.39, 0.29) is 17.2 Å². The Hall–Kier alpha value is -2.11. The van der Waals surface area contributed by atoms with Crippen LogP contribution in [0.3, 0.4) is 0 Å². The van der Waals surface area contributed by atoms with E-state index in [0.29, 0.717) is 5.52 Å². The summed E-state index contributed by atoms with van der Waals surface area (Å²) in [6, 6.07) is 4.24. The number of carbonyl (C=O) groups excluding carboxylic acids is 1. The van der Waals surface area contributed by atoms with Crippen LogP contribution in [-0.2, 0) is 0 Å². The zero-order chi connectivity index (χ0) is 11.7. The lowest BCUT2D eigenvalue weighted by Gasteiger charge is -2.10. The molecule has 6 heteroatoms. The monoisotopic (exact) mass is 222 g/mol. The van der Waals surface area contributed by atoms with E-state index in [9.17, 15) is 9.18 Å². The van der Waals surface area contributed by atoms with Gasteiger partial charge in [-0.25, -0.2) is 9.18 Å². The topological polar surface area (TPSA) is 61.0 Å². The minimum absolute atomic E-state index is 0.201. The number of hydrogen-bond donors (Lipinski definition) is 2. The van der Waals surface area contributed by atoms with Gasteiger partial charge in [0.15, 0.2) is 5.82 Å². The maximum absolute atomic E-state index is 13.5. The number of carbonyl (C=O) groups is 1. The Bertz CT molecular complexity index is 535. The van der Waals surface area contributed by atoms with Gasteiger partial charge in [0.2, 0.25) is 0 Å². The Labute approximate surface area is 91.2 Å². The van der Waals surface area contributed by atoms with E-state index in [4.69, 9.17) is 0 Å². The van der Waals surface area contributed by atoms with Gasteiger partial charge in [-0.05, 0) is 12.1 Å². The maximum atomic E-state index is 13.5. The predicted octanol–water partition coefficient (Wildman–Crippen LogP) is 1.80. The van der Waals surface area contributed by atoms with Gasteiger partial charge in [-0.15, -0.1) is 0 Å². The lowest BCUT2D eigenvalue weighted by molar-refractivity contribution is 0.230. The molecule has 0 saturated carbocycles. The fourth-order valence-corrected chi connectivity index (χ4v) is 1.33. The first-order valence-corrected chi connectivity index (χ1v) is 4.70. The molecule has 16 heavy (non-hydrogen) atoms. The Morgan fingerprint density at radius 1 is 1.50 bits per heavy atom. The largest absolute Gasteiger partial charge is 0.331 e. The molecule has 5 nitrogen and oxygen atoms in total. The first kappa shape index (κ1) is 10.4. The van der Waals surface area contributed by atoms with Crippen molar-refractivity contribution in [3.8, 4) is 0 Å². The van der Waals surface area contributed by atoms with Crippen LogP contribution in [0.15, 0.2) is 18.2 Å². The minimum atomic E-state index is -0.416. The number of H-pyrrole nitrogens is 1. The molecular formula is C10H11FN4O. The quantitative estimate of drug-likeness (QED) is 0.772. The molecule has 0 aliphatic heterocycles. The molecule has 0 saturated heterocycles. The van der Waals surface area contributed by atoms with Crippen molar-refractivity contribution in [2.75, 3.05) is 19.4 Å². The summed E-state index contributed by atoms with van der Waals surface area (Å²) in [5.41, 5.74) is 0.550. The van der Waals surface area contributed by atoms with Gasteiger partial charge in [0.05, 0.1) is 10.9 Å². The van der Waals surface area contributed by atoms with Gasteiger partial charge in [0, 0.05) is 14.1 Å². The standard InChI is InChI=1S/C10H11FN4O/c1-15(2)10(16)12-9-8-6(11)4-3-5-7(8)13-14-9/h3-5H,1-2H3,(H2,12,13,14,16). The third-order valence-electron chi connectivity index (χ3n) is 2.17. The van der Waals surface area contributed by atoms with E-state index in [1.807, 2.05) is 0 Å². The lowest BCUT2D eigenvalue weighted by atomic mass is 10.2. The van der Waals surface area contributed by atoms with Crippen LogP contribution in [-0.4, -0.2) is 35.2 Å². The van der Waals surface area contributed by atoms with E-state index in [0.717, 1.165) is 0 Å². The summed E-state index contributed by atoms with van der Waals surface area (Å²) in [7, 11) is 3.20. The van der Waals surface area contributed by atoms with E-state index < -0.39 is 5.82 Å². The van der Waals surface area contributed by atoms with Gasteiger partial charge in [-0.3, -0.25) is 10.4 Å². The molecule has 0 spiro atoms. The van der Waals surface area contributed by atoms with Crippen molar-refractivity contribution in [1.29, 1.82) is 0 Å². The van der Waals surface area contributed by atoms with Gasteiger partial charge >= 0.3 is 6.03 Å². The number of fused-ring (bicyclic) bond motifs is 1. The molecule has 0 radical (unpaired) electrons. The Balaban J connectivity index is 2.42. The highest BCUT2D eigenvalue weighted by Gasteiger charge is 2.13. The summed E-state index contributed by atoms with van der Waals surface area (Å²) in [5.74, 6) is -0.216. The molecule has 2 amide bonds. The number of amides is 2. The Morgan fingerprint density at radius 3 is 2.94 bits per heavy atom. The normalized spacial score (nSPS) is 10.4. The summed E-state index contributed by atoms with van der Waals surface area (Å²) in [4.78, 5) is 12.8. The average molecular weight is 222 g/mol. The van der Waals surface area contributed by atoms with Gasteiger partial charge in [0.1, 0.15) is 5.82 Å². The number of anilines is 1. The number of aromatic nitrogens is 2. The van der Waals surface area contributed by atoms with Gasteiger partial charge in [-0.1, -0.05) is 6.07 Å². The van der Waals surface area contributed by atoms with Crippen LogP contribution in [0.4, 0.5) is 15.0 Å². The number of nitrogens with one attached hydrogen (secondary N) is 2. The predicted molar refractivity (Wildman–Crippen MR) is 58.8 cm³/mol. The minimum Gasteiger partial charge on any atom is -0.331 e. The summed E-state index contributed by atoms with van der Waals surface area (Å²) >= 11 is 0. The van der Waals surface area contributed by atoms with Crippen LogP contribution >= 0.6 is 0 Å². The lowest BCUT2D eigenvalue weighted by Crippen LogP contribution is -2.27. The van der Waals surface area contributed by atoms with Crippen LogP contribution in [0.25, 0.3) is 10.9 Å². The SMILES string of the molecule is CN(C)C(=O)Nc1n[nH]c2cccc(F)c12. The molecule has 84 valence electrons. The van der Waals surface area contributed by atoms with Crippen molar-refractivity contribution in [2.24, 2.45) is 0 Å². The van der Waals surface area contributed by atoms with Gasteiger partial charge in [-0.2, -0.15) is 5.10 Å². The average Bonchev–Trinajstić information content (AvgIpc) is 2.63. The summed E-state index contributed by atoms with van der Waals surface area (Å²) in [6.45, 7) is 0. The first-order chi connectivity index (χ1) is 7.59. The molecule has 0 unspecified atom stereocenters. The van der Waals surface area contributed by atoms with E-state index >= 15 is 0 Å². The molecule has 0 bridgehead atoms. The van der Waals surface area contributed by atoms with Crippen LogP contribution in [0.2, 0.25) is 0 Å². The number of urea groups is 1. The molecular weight excluding hydrogens is 211 g/mol. The highest BCUT2D eigenvalue weighted by Crippen LogP contribution is 2.23. The van der Waals surface area contributed by atoms with Crippen molar-refractivity contribution < 1.29 is 9.18 Å². The second-order valence-electron chi connectivity index (χ2n) is 3.56. The molecule has 2 aromatic rings. The third kappa shape index (κ3) is 1.69. The second kappa shape index (κ2) is 3.80.